The van der Waals surface area contributed by atoms with Gasteiger partial charge in [0.2, 0.25) is 0 Å². The van der Waals surface area contributed by atoms with Crippen molar-refractivity contribution in [2.24, 2.45) is 4.99 Å². The standard InChI is InChI=1S/C20H27N3O2.HI/c1-5-21-20(22-13-16-7-6-8-18(11-16)24-3)23-14-17-10-9-15(2)19(12-17)25-4;/h6-12H,5,13-14H2,1-4H3,(H2,21,22,23);1H. The van der Waals surface area contributed by atoms with Crippen LogP contribution in [0.1, 0.15) is 23.6 Å². The molecule has 142 valence electrons. The maximum absolute atomic E-state index is 5.38. The minimum Gasteiger partial charge on any atom is -0.497 e. The van der Waals surface area contributed by atoms with Crippen molar-refractivity contribution in [2.45, 2.75) is 26.9 Å². The highest BCUT2D eigenvalue weighted by atomic mass is 127. The largest absolute Gasteiger partial charge is 0.497 e. The first-order chi connectivity index (χ1) is 12.2. The van der Waals surface area contributed by atoms with Crippen molar-refractivity contribution >= 4 is 29.9 Å². The van der Waals surface area contributed by atoms with E-state index in [0.717, 1.165) is 40.7 Å². The normalized spacial score (nSPS) is 10.7. The van der Waals surface area contributed by atoms with Gasteiger partial charge in [0.25, 0.3) is 0 Å². The summed E-state index contributed by atoms with van der Waals surface area (Å²) in [5, 5.41) is 6.63. The summed E-state index contributed by atoms with van der Waals surface area (Å²) in [6.45, 7) is 6.17. The van der Waals surface area contributed by atoms with Crippen molar-refractivity contribution in [3.63, 3.8) is 0 Å². The molecule has 2 aromatic carbocycles. The van der Waals surface area contributed by atoms with Gasteiger partial charge >= 0.3 is 0 Å². The van der Waals surface area contributed by atoms with E-state index in [4.69, 9.17) is 9.47 Å². The number of nitrogens with one attached hydrogen (secondary N) is 2. The van der Waals surface area contributed by atoms with Crippen LogP contribution in [0.15, 0.2) is 47.5 Å². The van der Waals surface area contributed by atoms with Crippen molar-refractivity contribution in [2.75, 3.05) is 20.8 Å². The number of benzene rings is 2. The first kappa shape index (κ1) is 22.1. The molecule has 0 aliphatic rings. The van der Waals surface area contributed by atoms with E-state index in [-0.39, 0.29) is 24.0 Å². The molecule has 2 rings (SSSR count). The van der Waals surface area contributed by atoms with Crippen molar-refractivity contribution in [1.82, 2.24) is 10.6 Å². The monoisotopic (exact) mass is 469 g/mol. The average molecular weight is 469 g/mol. The van der Waals surface area contributed by atoms with E-state index < -0.39 is 0 Å². The summed E-state index contributed by atoms with van der Waals surface area (Å²) in [6.07, 6.45) is 0. The van der Waals surface area contributed by atoms with Gasteiger partial charge in [-0.3, -0.25) is 0 Å². The molecule has 0 atom stereocenters. The molecule has 0 unspecified atom stereocenters. The molecule has 26 heavy (non-hydrogen) atoms. The third kappa shape index (κ3) is 6.74. The first-order valence-corrected chi connectivity index (χ1v) is 8.45. The maximum Gasteiger partial charge on any atom is 0.191 e. The molecule has 0 bridgehead atoms. The third-order valence-corrected chi connectivity index (χ3v) is 3.83. The molecule has 6 heteroatoms. The molecule has 0 radical (unpaired) electrons. The molecule has 2 N–H and O–H groups in total. The lowest BCUT2D eigenvalue weighted by atomic mass is 10.1. The van der Waals surface area contributed by atoms with Crippen LogP contribution >= 0.6 is 24.0 Å². The zero-order valence-electron chi connectivity index (χ0n) is 15.8. The number of guanidine groups is 1. The molecule has 0 saturated heterocycles. The Hall–Kier alpha value is -1.96. The lowest BCUT2D eigenvalue weighted by Crippen LogP contribution is -2.36. The molecule has 0 aromatic heterocycles. The van der Waals surface area contributed by atoms with Crippen LogP contribution in [0.3, 0.4) is 0 Å². The topological polar surface area (TPSA) is 54.9 Å². The molecule has 0 fully saturated rings. The number of aliphatic imine (C=N–C) groups is 1. The highest BCUT2D eigenvalue weighted by Gasteiger charge is 2.03. The van der Waals surface area contributed by atoms with Gasteiger partial charge in [-0.1, -0.05) is 24.3 Å². The second-order valence-corrected chi connectivity index (χ2v) is 5.70. The summed E-state index contributed by atoms with van der Waals surface area (Å²) in [5.74, 6) is 2.53. The second-order valence-electron chi connectivity index (χ2n) is 5.70. The van der Waals surface area contributed by atoms with Gasteiger partial charge in [-0.25, -0.2) is 4.99 Å². The molecule has 2 aromatic rings. The Morgan fingerprint density at radius 1 is 1.00 bits per heavy atom. The third-order valence-electron chi connectivity index (χ3n) is 3.83. The number of hydrogen-bond donors (Lipinski definition) is 2. The van der Waals surface area contributed by atoms with E-state index in [1.807, 2.05) is 37.3 Å². The van der Waals surface area contributed by atoms with Crippen molar-refractivity contribution in [3.8, 4) is 11.5 Å². The Morgan fingerprint density at radius 2 is 1.81 bits per heavy atom. The maximum atomic E-state index is 5.38. The van der Waals surface area contributed by atoms with Crippen LogP contribution in [0, 0.1) is 6.92 Å². The Balaban J connectivity index is 0.00000338. The lowest BCUT2D eigenvalue weighted by Gasteiger charge is -2.13. The number of halogens is 1. The fourth-order valence-electron chi connectivity index (χ4n) is 2.44. The zero-order valence-corrected chi connectivity index (χ0v) is 18.2. The van der Waals surface area contributed by atoms with Crippen LogP contribution < -0.4 is 20.1 Å². The van der Waals surface area contributed by atoms with Crippen molar-refractivity contribution in [3.05, 3.63) is 59.2 Å². The molecule has 0 aliphatic carbocycles. The van der Waals surface area contributed by atoms with Gasteiger partial charge in [-0.15, -0.1) is 24.0 Å². The van der Waals surface area contributed by atoms with Crippen LogP contribution in [-0.4, -0.2) is 26.7 Å². The summed E-state index contributed by atoms with van der Waals surface area (Å²) in [4.78, 5) is 4.64. The Labute approximate surface area is 173 Å². The van der Waals surface area contributed by atoms with Gasteiger partial charge in [0.05, 0.1) is 20.8 Å². The zero-order chi connectivity index (χ0) is 18.1. The van der Waals surface area contributed by atoms with Gasteiger partial charge in [0.15, 0.2) is 5.96 Å². The molecule has 5 nitrogen and oxygen atoms in total. The fourth-order valence-corrected chi connectivity index (χ4v) is 2.44. The van der Waals surface area contributed by atoms with Gasteiger partial charge in [-0.2, -0.15) is 0 Å². The van der Waals surface area contributed by atoms with Gasteiger partial charge in [0.1, 0.15) is 11.5 Å². The molecule has 0 saturated carbocycles. The van der Waals surface area contributed by atoms with Crippen molar-refractivity contribution in [1.29, 1.82) is 0 Å². The number of rotatable bonds is 7. The Kier molecular flexibility index (Phi) is 9.87. The first-order valence-electron chi connectivity index (χ1n) is 8.45. The number of aryl methyl sites for hydroxylation is 1. The number of nitrogens with zero attached hydrogens (tertiary/aromatic N) is 1. The number of hydrogen-bond acceptors (Lipinski definition) is 3. The fraction of sp³-hybridized carbons (Fsp3) is 0.350. The minimum atomic E-state index is 0. The smallest absolute Gasteiger partial charge is 0.191 e. The number of ether oxygens (including phenoxy) is 2. The summed E-state index contributed by atoms with van der Waals surface area (Å²) in [7, 11) is 3.36. The summed E-state index contributed by atoms with van der Waals surface area (Å²) in [5.41, 5.74) is 3.38. The van der Waals surface area contributed by atoms with E-state index in [0.29, 0.717) is 13.1 Å². The minimum absolute atomic E-state index is 0. The summed E-state index contributed by atoms with van der Waals surface area (Å²) >= 11 is 0. The predicted octanol–water partition coefficient (Wildman–Crippen LogP) is 3.89. The van der Waals surface area contributed by atoms with E-state index in [2.05, 4.69) is 34.7 Å². The second kappa shape index (κ2) is 11.6. The van der Waals surface area contributed by atoms with Crippen LogP contribution in [-0.2, 0) is 13.1 Å². The average Bonchev–Trinajstić information content (AvgIpc) is 2.65. The molecule has 0 amide bonds. The van der Waals surface area contributed by atoms with Crippen LogP contribution in [0.5, 0.6) is 11.5 Å². The number of methoxy groups -OCH3 is 2. The van der Waals surface area contributed by atoms with Gasteiger partial charge < -0.3 is 20.1 Å². The highest BCUT2D eigenvalue weighted by Crippen LogP contribution is 2.18. The summed E-state index contributed by atoms with van der Waals surface area (Å²) in [6, 6.07) is 14.2. The van der Waals surface area contributed by atoms with E-state index >= 15 is 0 Å². The Morgan fingerprint density at radius 3 is 2.50 bits per heavy atom. The molecule has 0 aliphatic heterocycles. The highest BCUT2D eigenvalue weighted by molar-refractivity contribution is 14.0. The molecular formula is C20H28IN3O2. The quantitative estimate of drug-likeness (QED) is 0.367. The van der Waals surface area contributed by atoms with Crippen LogP contribution in [0.2, 0.25) is 0 Å². The molecule has 0 heterocycles. The molecule has 0 spiro atoms. The van der Waals surface area contributed by atoms with Crippen LogP contribution in [0.4, 0.5) is 0 Å². The predicted molar refractivity (Wildman–Crippen MR) is 118 cm³/mol. The molecular weight excluding hydrogens is 441 g/mol. The SMILES string of the molecule is CCNC(=NCc1cccc(OC)c1)NCc1ccc(C)c(OC)c1.I. The van der Waals surface area contributed by atoms with Crippen molar-refractivity contribution < 1.29 is 9.47 Å². The lowest BCUT2D eigenvalue weighted by molar-refractivity contribution is 0.411. The summed E-state index contributed by atoms with van der Waals surface area (Å²) < 4.78 is 10.6. The van der Waals surface area contributed by atoms with E-state index in [1.54, 1.807) is 14.2 Å². The van der Waals surface area contributed by atoms with E-state index in [1.165, 1.54) is 0 Å². The van der Waals surface area contributed by atoms with Gasteiger partial charge in [0, 0.05) is 13.1 Å². The van der Waals surface area contributed by atoms with E-state index in [9.17, 15) is 0 Å². The van der Waals surface area contributed by atoms with Gasteiger partial charge in [-0.05, 0) is 48.7 Å². The Bertz CT molecular complexity index is 720. The van der Waals surface area contributed by atoms with Crippen LogP contribution in [0.25, 0.3) is 0 Å².